The Balaban J connectivity index is 1.68. The van der Waals surface area contributed by atoms with E-state index in [1.807, 2.05) is 13.2 Å². The van der Waals surface area contributed by atoms with Crippen LogP contribution in [-0.4, -0.2) is 45.1 Å². The van der Waals surface area contributed by atoms with E-state index < -0.39 is 0 Å². The number of hydrogen-bond donors (Lipinski definition) is 1. The minimum atomic E-state index is -0.380. The molecular formula is C14H20N4O2. The van der Waals surface area contributed by atoms with Crippen LogP contribution in [0.15, 0.2) is 12.4 Å². The molecular weight excluding hydrogens is 256 g/mol. The topological polar surface area (TPSA) is 67.2 Å². The van der Waals surface area contributed by atoms with Gasteiger partial charge in [0.15, 0.2) is 0 Å². The number of piperazine rings is 1. The van der Waals surface area contributed by atoms with Crippen molar-refractivity contribution < 1.29 is 9.59 Å². The monoisotopic (exact) mass is 276 g/mol. The van der Waals surface area contributed by atoms with E-state index in [0.717, 1.165) is 24.8 Å². The Hall–Kier alpha value is -1.85. The van der Waals surface area contributed by atoms with Gasteiger partial charge in [0.1, 0.15) is 12.1 Å². The molecule has 2 amide bonds. The summed E-state index contributed by atoms with van der Waals surface area (Å²) in [5.74, 6) is 0.385. The molecule has 0 radical (unpaired) electrons. The number of aryl methyl sites for hydroxylation is 1. The minimum absolute atomic E-state index is 0.0345. The van der Waals surface area contributed by atoms with Crippen LogP contribution in [0.25, 0.3) is 0 Å². The summed E-state index contributed by atoms with van der Waals surface area (Å²) in [6.07, 6.45) is 6.56. The highest BCUT2D eigenvalue weighted by atomic mass is 16.2. The highest BCUT2D eigenvalue weighted by Crippen LogP contribution is 2.35. The van der Waals surface area contributed by atoms with Gasteiger partial charge in [-0.05, 0) is 37.7 Å². The largest absolute Gasteiger partial charge is 0.342 e. The second-order valence-electron chi connectivity index (χ2n) is 5.80. The lowest BCUT2D eigenvalue weighted by Gasteiger charge is -2.37. The molecule has 0 spiro atoms. The summed E-state index contributed by atoms with van der Waals surface area (Å²) in [7, 11) is 1.87. The zero-order chi connectivity index (χ0) is 14.3. The van der Waals surface area contributed by atoms with Gasteiger partial charge in [0.2, 0.25) is 11.8 Å². The van der Waals surface area contributed by atoms with Crippen molar-refractivity contribution in [3.8, 4) is 0 Å². The molecule has 0 aromatic carbocycles. The third-order valence-electron chi connectivity index (χ3n) is 4.19. The number of amides is 2. The van der Waals surface area contributed by atoms with E-state index in [2.05, 4.69) is 10.4 Å². The number of aromatic nitrogens is 2. The van der Waals surface area contributed by atoms with Crippen molar-refractivity contribution >= 4 is 11.8 Å². The first-order chi connectivity index (χ1) is 9.56. The van der Waals surface area contributed by atoms with E-state index in [1.54, 1.807) is 22.7 Å². The van der Waals surface area contributed by atoms with Crippen LogP contribution in [0.5, 0.6) is 0 Å². The highest BCUT2D eigenvalue weighted by molar-refractivity contribution is 5.97. The average molecular weight is 276 g/mol. The van der Waals surface area contributed by atoms with Crippen LogP contribution in [0.3, 0.4) is 0 Å². The van der Waals surface area contributed by atoms with Crippen molar-refractivity contribution in [3.05, 3.63) is 18.0 Å². The molecule has 1 saturated carbocycles. The van der Waals surface area contributed by atoms with Gasteiger partial charge in [0.05, 0.1) is 6.20 Å². The van der Waals surface area contributed by atoms with Crippen molar-refractivity contribution in [1.29, 1.82) is 0 Å². The van der Waals surface area contributed by atoms with Crippen LogP contribution < -0.4 is 5.32 Å². The third-order valence-corrected chi connectivity index (χ3v) is 4.19. The molecule has 1 aliphatic carbocycles. The number of nitrogens with zero attached hydrogens (tertiary/aromatic N) is 3. The first-order valence-corrected chi connectivity index (χ1v) is 7.14. The van der Waals surface area contributed by atoms with E-state index in [9.17, 15) is 9.59 Å². The fourth-order valence-corrected chi connectivity index (χ4v) is 2.75. The van der Waals surface area contributed by atoms with Gasteiger partial charge in [0, 0.05) is 19.8 Å². The lowest BCUT2D eigenvalue weighted by atomic mass is 10.0. The Bertz CT molecular complexity index is 535. The average Bonchev–Trinajstić information content (AvgIpc) is 3.17. The Kier molecular flexibility index (Phi) is 3.23. The van der Waals surface area contributed by atoms with Crippen LogP contribution in [0.1, 0.15) is 25.3 Å². The molecule has 20 heavy (non-hydrogen) atoms. The predicted octanol–water partition coefficient (Wildman–Crippen LogP) is 0.0881. The van der Waals surface area contributed by atoms with Crippen molar-refractivity contribution in [2.45, 2.75) is 38.3 Å². The second-order valence-corrected chi connectivity index (χ2v) is 5.80. The number of carbonyl (C=O) groups is 2. The van der Waals surface area contributed by atoms with Gasteiger partial charge in [-0.3, -0.25) is 14.3 Å². The molecule has 1 aliphatic heterocycles. The van der Waals surface area contributed by atoms with Gasteiger partial charge in [-0.2, -0.15) is 5.10 Å². The van der Waals surface area contributed by atoms with Crippen LogP contribution in [0, 0.1) is 5.92 Å². The molecule has 6 nitrogen and oxygen atoms in total. The van der Waals surface area contributed by atoms with Gasteiger partial charge in [-0.15, -0.1) is 0 Å². The Morgan fingerprint density at radius 1 is 1.40 bits per heavy atom. The first kappa shape index (κ1) is 13.1. The third kappa shape index (κ3) is 2.42. The zero-order valence-electron chi connectivity index (χ0n) is 11.9. The molecule has 108 valence electrons. The van der Waals surface area contributed by atoms with E-state index in [1.165, 1.54) is 0 Å². The van der Waals surface area contributed by atoms with Crippen LogP contribution >= 0.6 is 0 Å². The first-order valence-electron chi connectivity index (χ1n) is 7.14. The summed E-state index contributed by atoms with van der Waals surface area (Å²) in [6.45, 7) is 2.36. The molecule has 2 unspecified atom stereocenters. The molecule has 0 bridgehead atoms. The SMILES string of the molecule is CC1C(=O)NC(C2CC2)C(=O)N1CCc1cnn(C)c1. The van der Waals surface area contributed by atoms with E-state index in [0.29, 0.717) is 12.5 Å². The molecule has 6 heteroatoms. The molecule has 2 aliphatic rings. The van der Waals surface area contributed by atoms with E-state index in [-0.39, 0.29) is 23.9 Å². The highest BCUT2D eigenvalue weighted by Gasteiger charge is 2.45. The standard InChI is InChI=1S/C14H20N4O2/c1-9-13(19)16-12(11-3-4-11)14(20)18(9)6-5-10-7-15-17(2)8-10/h7-9,11-12H,3-6H2,1-2H3,(H,16,19). The molecule has 2 heterocycles. The summed E-state index contributed by atoms with van der Waals surface area (Å²) in [6, 6.07) is -0.679. The zero-order valence-corrected chi connectivity index (χ0v) is 11.9. The van der Waals surface area contributed by atoms with Crippen molar-refractivity contribution in [3.63, 3.8) is 0 Å². The summed E-state index contributed by atoms with van der Waals surface area (Å²) in [5.41, 5.74) is 1.08. The Labute approximate surface area is 118 Å². The fraction of sp³-hybridized carbons (Fsp3) is 0.643. The molecule has 1 saturated heterocycles. The van der Waals surface area contributed by atoms with Crippen molar-refractivity contribution in [2.24, 2.45) is 13.0 Å². The minimum Gasteiger partial charge on any atom is -0.342 e. The predicted molar refractivity (Wildman–Crippen MR) is 72.7 cm³/mol. The van der Waals surface area contributed by atoms with Crippen molar-refractivity contribution in [1.82, 2.24) is 20.0 Å². The lowest BCUT2D eigenvalue weighted by Crippen LogP contribution is -2.63. The van der Waals surface area contributed by atoms with Gasteiger partial charge < -0.3 is 10.2 Å². The second kappa shape index (κ2) is 4.92. The smallest absolute Gasteiger partial charge is 0.246 e. The lowest BCUT2D eigenvalue weighted by molar-refractivity contribution is -0.149. The van der Waals surface area contributed by atoms with Gasteiger partial charge in [0.25, 0.3) is 0 Å². The number of nitrogens with one attached hydrogen (secondary N) is 1. The molecule has 1 aromatic rings. The normalized spacial score (nSPS) is 26.8. The van der Waals surface area contributed by atoms with E-state index >= 15 is 0 Å². The molecule has 2 atom stereocenters. The van der Waals surface area contributed by atoms with E-state index in [4.69, 9.17) is 0 Å². The number of carbonyl (C=O) groups excluding carboxylic acids is 2. The molecule has 2 fully saturated rings. The number of rotatable bonds is 4. The molecule has 1 aromatic heterocycles. The summed E-state index contributed by atoms with van der Waals surface area (Å²) >= 11 is 0. The van der Waals surface area contributed by atoms with Gasteiger partial charge in [-0.25, -0.2) is 0 Å². The maximum Gasteiger partial charge on any atom is 0.246 e. The summed E-state index contributed by atoms with van der Waals surface area (Å²) in [5, 5.41) is 6.98. The maximum atomic E-state index is 12.5. The van der Waals surface area contributed by atoms with Crippen LogP contribution in [0.4, 0.5) is 0 Å². The van der Waals surface area contributed by atoms with Crippen LogP contribution in [0.2, 0.25) is 0 Å². The van der Waals surface area contributed by atoms with Gasteiger partial charge in [-0.1, -0.05) is 0 Å². The molecule has 1 N–H and O–H groups in total. The van der Waals surface area contributed by atoms with Crippen molar-refractivity contribution in [2.75, 3.05) is 6.54 Å². The fourth-order valence-electron chi connectivity index (χ4n) is 2.75. The summed E-state index contributed by atoms with van der Waals surface area (Å²) in [4.78, 5) is 26.2. The Morgan fingerprint density at radius 3 is 2.75 bits per heavy atom. The summed E-state index contributed by atoms with van der Waals surface area (Å²) < 4.78 is 1.75. The molecule has 3 rings (SSSR count). The maximum absolute atomic E-state index is 12.5. The quantitative estimate of drug-likeness (QED) is 0.847. The van der Waals surface area contributed by atoms with Gasteiger partial charge >= 0.3 is 0 Å². The van der Waals surface area contributed by atoms with Crippen LogP contribution in [-0.2, 0) is 23.1 Å². The number of hydrogen-bond acceptors (Lipinski definition) is 3. The Morgan fingerprint density at radius 2 is 2.15 bits per heavy atom.